The summed E-state index contributed by atoms with van der Waals surface area (Å²) in [6.07, 6.45) is 4.45. The van der Waals surface area contributed by atoms with E-state index in [1.54, 1.807) is 6.07 Å². The highest BCUT2D eigenvalue weighted by Gasteiger charge is 2.35. The van der Waals surface area contributed by atoms with Crippen molar-refractivity contribution < 1.29 is 4.79 Å². The fraction of sp³-hybridized carbons (Fsp3) is 0.533. The van der Waals surface area contributed by atoms with E-state index >= 15 is 0 Å². The molecular weight excluding hydrogens is 246 g/mol. The van der Waals surface area contributed by atoms with Gasteiger partial charge in [0.1, 0.15) is 0 Å². The van der Waals surface area contributed by atoms with Gasteiger partial charge in [-0.05, 0) is 36.8 Å². The summed E-state index contributed by atoms with van der Waals surface area (Å²) in [7, 11) is 0. The molecule has 0 aromatic heterocycles. The van der Waals surface area contributed by atoms with E-state index < -0.39 is 0 Å². The standard InChI is InChI=1S/C15H20ClNO/c1-3-15(4-2)8-9-17(11-15)14-7-5-6-13(16)12(14)10-18/h5-7,10H,3-4,8-9,11H2,1-2H3. The van der Waals surface area contributed by atoms with Crippen LogP contribution in [0.3, 0.4) is 0 Å². The Balaban J connectivity index is 2.29. The zero-order valence-corrected chi connectivity index (χ0v) is 11.8. The van der Waals surface area contributed by atoms with E-state index in [9.17, 15) is 4.79 Å². The summed E-state index contributed by atoms with van der Waals surface area (Å²) in [5.41, 5.74) is 2.02. The van der Waals surface area contributed by atoms with Crippen molar-refractivity contribution in [3.05, 3.63) is 28.8 Å². The Bertz CT molecular complexity index is 440. The molecule has 1 aromatic carbocycles. The Hall–Kier alpha value is -1.02. The first-order valence-electron chi connectivity index (χ1n) is 6.64. The number of carbonyl (C=O) groups excluding carboxylic acids is 1. The molecule has 0 amide bonds. The summed E-state index contributed by atoms with van der Waals surface area (Å²) in [5, 5.41) is 0.549. The quantitative estimate of drug-likeness (QED) is 0.762. The summed E-state index contributed by atoms with van der Waals surface area (Å²) >= 11 is 6.09. The lowest BCUT2D eigenvalue weighted by atomic mass is 9.82. The number of halogens is 1. The Morgan fingerprint density at radius 2 is 2.11 bits per heavy atom. The highest BCUT2D eigenvalue weighted by Crippen LogP contribution is 2.40. The van der Waals surface area contributed by atoms with Crippen molar-refractivity contribution >= 4 is 23.6 Å². The zero-order chi connectivity index (χ0) is 13.2. The Labute approximate surface area is 114 Å². The van der Waals surface area contributed by atoms with Crippen LogP contribution in [-0.2, 0) is 0 Å². The van der Waals surface area contributed by atoms with Crippen molar-refractivity contribution in [1.82, 2.24) is 0 Å². The van der Waals surface area contributed by atoms with E-state index in [0.29, 0.717) is 16.0 Å². The molecule has 2 rings (SSSR count). The van der Waals surface area contributed by atoms with Crippen molar-refractivity contribution in [2.24, 2.45) is 5.41 Å². The maximum absolute atomic E-state index is 11.2. The maximum Gasteiger partial charge on any atom is 0.153 e. The molecule has 0 unspecified atom stereocenters. The van der Waals surface area contributed by atoms with Crippen LogP contribution in [0.15, 0.2) is 18.2 Å². The molecule has 0 N–H and O–H groups in total. The van der Waals surface area contributed by atoms with Crippen molar-refractivity contribution in [2.45, 2.75) is 33.1 Å². The molecule has 0 atom stereocenters. The molecule has 0 spiro atoms. The average molecular weight is 266 g/mol. The SMILES string of the molecule is CCC1(CC)CCN(c2cccc(Cl)c2C=O)C1. The van der Waals surface area contributed by atoms with Crippen molar-refractivity contribution in [1.29, 1.82) is 0 Å². The van der Waals surface area contributed by atoms with E-state index in [0.717, 1.165) is 25.1 Å². The molecule has 0 bridgehead atoms. The fourth-order valence-corrected chi connectivity index (χ4v) is 3.10. The molecule has 0 radical (unpaired) electrons. The first-order chi connectivity index (χ1) is 8.65. The van der Waals surface area contributed by atoms with Gasteiger partial charge in [-0.15, -0.1) is 0 Å². The molecule has 1 aliphatic heterocycles. The predicted molar refractivity (Wildman–Crippen MR) is 76.7 cm³/mol. The van der Waals surface area contributed by atoms with Gasteiger partial charge < -0.3 is 4.90 Å². The largest absolute Gasteiger partial charge is 0.370 e. The molecule has 1 fully saturated rings. The number of rotatable bonds is 4. The van der Waals surface area contributed by atoms with Gasteiger partial charge in [-0.3, -0.25) is 4.79 Å². The van der Waals surface area contributed by atoms with Crippen LogP contribution in [-0.4, -0.2) is 19.4 Å². The van der Waals surface area contributed by atoms with Crippen molar-refractivity contribution in [3.63, 3.8) is 0 Å². The van der Waals surface area contributed by atoms with Crippen LogP contribution in [0.5, 0.6) is 0 Å². The third-order valence-corrected chi connectivity index (χ3v) is 4.76. The normalized spacial score (nSPS) is 18.1. The van der Waals surface area contributed by atoms with Gasteiger partial charge in [-0.1, -0.05) is 31.5 Å². The van der Waals surface area contributed by atoms with Gasteiger partial charge in [-0.2, -0.15) is 0 Å². The van der Waals surface area contributed by atoms with Crippen molar-refractivity contribution in [3.8, 4) is 0 Å². The lowest BCUT2D eigenvalue weighted by Gasteiger charge is -2.27. The number of hydrogen-bond acceptors (Lipinski definition) is 2. The monoisotopic (exact) mass is 265 g/mol. The molecule has 1 aliphatic rings. The molecule has 0 saturated carbocycles. The number of benzene rings is 1. The zero-order valence-electron chi connectivity index (χ0n) is 11.1. The number of anilines is 1. The highest BCUT2D eigenvalue weighted by atomic mass is 35.5. The second-order valence-electron chi connectivity index (χ2n) is 5.17. The summed E-state index contributed by atoms with van der Waals surface area (Å²) in [4.78, 5) is 13.5. The average Bonchev–Trinajstić information content (AvgIpc) is 2.83. The number of carbonyl (C=O) groups is 1. The molecule has 1 aromatic rings. The second kappa shape index (κ2) is 5.31. The third kappa shape index (κ3) is 2.26. The van der Waals surface area contributed by atoms with Gasteiger partial charge in [0.15, 0.2) is 6.29 Å². The van der Waals surface area contributed by atoms with Crippen LogP contribution in [0.4, 0.5) is 5.69 Å². The van der Waals surface area contributed by atoms with Crippen LogP contribution in [0.1, 0.15) is 43.5 Å². The molecule has 1 saturated heterocycles. The fourth-order valence-electron chi connectivity index (χ4n) is 2.89. The highest BCUT2D eigenvalue weighted by molar-refractivity contribution is 6.33. The summed E-state index contributed by atoms with van der Waals surface area (Å²) in [6, 6.07) is 5.69. The van der Waals surface area contributed by atoms with Crippen molar-refractivity contribution in [2.75, 3.05) is 18.0 Å². The second-order valence-corrected chi connectivity index (χ2v) is 5.58. The topological polar surface area (TPSA) is 20.3 Å². The van der Waals surface area contributed by atoms with Gasteiger partial charge in [-0.25, -0.2) is 0 Å². The summed E-state index contributed by atoms with van der Waals surface area (Å²) in [5.74, 6) is 0. The Morgan fingerprint density at radius 3 is 2.67 bits per heavy atom. The van der Waals surface area contributed by atoms with E-state index in [1.165, 1.54) is 19.3 Å². The molecule has 1 heterocycles. The van der Waals surface area contributed by atoms with E-state index in [2.05, 4.69) is 18.7 Å². The summed E-state index contributed by atoms with van der Waals surface area (Å²) < 4.78 is 0. The molecule has 18 heavy (non-hydrogen) atoms. The smallest absolute Gasteiger partial charge is 0.153 e. The first kappa shape index (κ1) is 13.4. The summed E-state index contributed by atoms with van der Waals surface area (Å²) in [6.45, 7) is 6.56. The minimum atomic E-state index is 0.405. The van der Waals surface area contributed by atoms with E-state index in [1.807, 2.05) is 12.1 Å². The minimum absolute atomic E-state index is 0.405. The predicted octanol–water partition coefficient (Wildman–Crippen LogP) is 4.17. The van der Waals surface area contributed by atoms with Crippen LogP contribution < -0.4 is 4.90 Å². The van der Waals surface area contributed by atoms with Crippen LogP contribution in [0, 0.1) is 5.41 Å². The lowest BCUT2D eigenvalue weighted by Crippen LogP contribution is -2.26. The van der Waals surface area contributed by atoms with Gasteiger partial charge >= 0.3 is 0 Å². The third-order valence-electron chi connectivity index (χ3n) is 4.43. The molecule has 3 heteroatoms. The van der Waals surface area contributed by atoms with E-state index in [4.69, 9.17) is 11.6 Å². The van der Waals surface area contributed by atoms with Crippen LogP contribution in [0.25, 0.3) is 0 Å². The van der Waals surface area contributed by atoms with Gasteiger partial charge in [0.05, 0.1) is 10.6 Å². The molecular formula is C15H20ClNO. The van der Waals surface area contributed by atoms with Crippen LogP contribution in [0.2, 0.25) is 5.02 Å². The number of aldehydes is 1. The van der Waals surface area contributed by atoms with Gasteiger partial charge in [0, 0.05) is 18.8 Å². The Morgan fingerprint density at radius 1 is 1.39 bits per heavy atom. The van der Waals surface area contributed by atoms with Gasteiger partial charge in [0.2, 0.25) is 0 Å². The molecule has 98 valence electrons. The molecule has 0 aliphatic carbocycles. The van der Waals surface area contributed by atoms with Crippen LogP contribution >= 0.6 is 11.6 Å². The van der Waals surface area contributed by atoms with E-state index in [-0.39, 0.29) is 0 Å². The minimum Gasteiger partial charge on any atom is -0.370 e. The number of nitrogens with zero attached hydrogens (tertiary/aromatic N) is 1. The number of hydrogen-bond donors (Lipinski definition) is 0. The Kier molecular flexibility index (Phi) is 3.96. The first-order valence-corrected chi connectivity index (χ1v) is 7.02. The lowest BCUT2D eigenvalue weighted by molar-refractivity contribution is 0.112. The van der Waals surface area contributed by atoms with Gasteiger partial charge in [0.25, 0.3) is 0 Å². The molecule has 2 nitrogen and oxygen atoms in total. The maximum atomic E-state index is 11.2.